The maximum absolute atomic E-state index is 5.54. The van der Waals surface area contributed by atoms with E-state index in [0.717, 1.165) is 30.9 Å². The predicted octanol–water partition coefficient (Wildman–Crippen LogP) is 2.52. The van der Waals surface area contributed by atoms with E-state index in [2.05, 4.69) is 17.2 Å². The molecule has 0 aliphatic carbocycles. The van der Waals surface area contributed by atoms with E-state index >= 15 is 0 Å². The normalized spacial score (nSPS) is 11.2. The molecule has 1 rings (SSSR count). The first kappa shape index (κ1) is 16.1. The fourth-order valence-corrected chi connectivity index (χ4v) is 1.62. The summed E-state index contributed by atoms with van der Waals surface area (Å²) in [4.78, 5) is 4.55. The van der Waals surface area contributed by atoms with Crippen LogP contribution >= 0.6 is 0 Å². The molecule has 1 heterocycles. The Kier molecular flexibility index (Phi) is 8.38. The van der Waals surface area contributed by atoms with Crippen molar-refractivity contribution in [3.8, 4) is 0 Å². The minimum atomic E-state index is 0.259. The number of hydrogen-bond acceptors (Lipinski definition) is 4. The number of pyridine rings is 1. The van der Waals surface area contributed by atoms with Gasteiger partial charge in [-0.25, -0.2) is 0 Å². The lowest BCUT2D eigenvalue weighted by Gasteiger charge is -2.09. The Bertz CT molecular complexity index is 343. The highest BCUT2D eigenvalue weighted by molar-refractivity contribution is 5.10. The van der Waals surface area contributed by atoms with Gasteiger partial charge in [0.2, 0.25) is 0 Å². The first-order valence-corrected chi connectivity index (χ1v) is 7.07. The van der Waals surface area contributed by atoms with Crippen molar-refractivity contribution in [3.63, 3.8) is 0 Å². The van der Waals surface area contributed by atoms with Crippen LogP contribution in [0.2, 0.25) is 0 Å². The fraction of sp³-hybridized carbons (Fsp3) is 0.667. The maximum Gasteiger partial charge on any atom is 0.0889 e. The molecule has 4 heteroatoms. The van der Waals surface area contributed by atoms with Gasteiger partial charge in [0.25, 0.3) is 0 Å². The zero-order valence-electron chi connectivity index (χ0n) is 12.3. The summed E-state index contributed by atoms with van der Waals surface area (Å²) < 4.78 is 11.0. The van der Waals surface area contributed by atoms with Crippen molar-refractivity contribution in [2.75, 3.05) is 19.8 Å². The van der Waals surface area contributed by atoms with E-state index in [1.807, 2.05) is 32.0 Å². The molecule has 0 aliphatic rings. The van der Waals surface area contributed by atoms with Crippen LogP contribution in [-0.2, 0) is 22.6 Å². The van der Waals surface area contributed by atoms with Gasteiger partial charge in [-0.3, -0.25) is 4.98 Å². The number of hydrogen-bond donors (Lipinski definition) is 1. The van der Waals surface area contributed by atoms with Crippen molar-refractivity contribution in [1.82, 2.24) is 10.3 Å². The minimum Gasteiger partial charge on any atom is -0.376 e. The zero-order valence-corrected chi connectivity index (χ0v) is 12.3. The quantitative estimate of drug-likeness (QED) is 0.661. The van der Waals surface area contributed by atoms with Crippen LogP contribution in [0.4, 0.5) is 0 Å². The van der Waals surface area contributed by atoms with E-state index in [0.29, 0.717) is 19.8 Å². The first-order valence-electron chi connectivity index (χ1n) is 7.07. The SMILES string of the molecule is CCCNCc1cccc(COCCOC(C)C)n1. The van der Waals surface area contributed by atoms with E-state index in [1.54, 1.807) is 0 Å². The summed E-state index contributed by atoms with van der Waals surface area (Å²) >= 11 is 0. The Balaban J connectivity index is 2.23. The number of ether oxygens (including phenoxy) is 2. The lowest BCUT2D eigenvalue weighted by Crippen LogP contribution is -2.15. The third-order valence-corrected chi connectivity index (χ3v) is 2.53. The van der Waals surface area contributed by atoms with Crippen LogP contribution < -0.4 is 5.32 Å². The molecule has 108 valence electrons. The second kappa shape index (κ2) is 9.89. The van der Waals surface area contributed by atoms with Crippen molar-refractivity contribution in [1.29, 1.82) is 0 Å². The molecule has 4 nitrogen and oxygen atoms in total. The molecule has 1 aromatic rings. The zero-order chi connectivity index (χ0) is 13.9. The van der Waals surface area contributed by atoms with E-state index < -0.39 is 0 Å². The van der Waals surface area contributed by atoms with Crippen molar-refractivity contribution in [3.05, 3.63) is 29.6 Å². The summed E-state index contributed by atoms with van der Waals surface area (Å²) in [6.07, 6.45) is 1.40. The molecule has 0 aromatic carbocycles. The summed E-state index contributed by atoms with van der Waals surface area (Å²) in [5.74, 6) is 0. The van der Waals surface area contributed by atoms with Crippen molar-refractivity contribution < 1.29 is 9.47 Å². The Morgan fingerprint density at radius 2 is 2.00 bits per heavy atom. The van der Waals surface area contributed by atoms with Crippen molar-refractivity contribution >= 4 is 0 Å². The van der Waals surface area contributed by atoms with E-state index in [-0.39, 0.29) is 6.10 Å². The van der Waals surface area contributed by atoms with Crippen LogP contribution in [-0.4, -0.2) is 30.8 Å². The number of nitrogens with zero attached hydrogens (tertiary/aromatic N) is 1. The summed E-state index contributed by atoms with van der Waals surface area (Å²) in [5.41, 5.74) is 2.04. The smallest absolute Gasteiger partial charge is 0.0889 e. The van der Waals surface area contributed by atoms with Crippen LogP contribution in [0.3, 0.4) is 0 Å². The van der Waals surface area contributed by atoms with Crippen LogP contribution in [0.25, 0.3) is 0 Å². The summed E-state index contributed by atoms with van der Waals surface area (Å²) in [5, 5.41) is 3.34. The van der Waals surface area contributed by atoms with Gasteiger partial charge in [-0.1, -0.05) is 13.0 Å². The lowest BCUT2D eigenvalue weighted by atomic mass is 10.3. The summed E-state index contributed by atoms with van der Waals surface area (Å²) in [6.45, 7) is 9.83. The van der Waals surface area contributed by atoms with Crippen LogP contribution in [0.15, 0.2) is 18.2 Å². The fourth-order valence-electron chi connectivity index (χ4n) is 1.62. The average molecular weight is 266 g/mol. The molecule has 0 bridgehead atoms. The highest BCUT2D eigenvalue weighted by Gasteiger charge is 1.99. The second-order valence-electron chi connectivity index (χ2n) is 4.77. The molecule has 0 spiro atoms. The molecule has 0 saturated carbocycles. The van der Waals surface area contributed by atoms with E-state index in [4.69, 9.17) is 9.47 Å². The number of nitrogens with one attached hydrogen (secondary N) is 1. The molecule has 0 aliphatic heterocycles. The Hall–Kier alpha value is -0.970. The van der Waals surface area contributed by atoms with Gasteiger partial charge in [0.05, 0.1) is 37.3 Å². The third-order valence-electron chi connectivity index (χ3n) is 2.53. The van der Waals surface area contributed by atoms with Crippen LogP contribution in [0.5, 0.6) is 0 Å². The molecule has 0 unspecified atom stereocenters. The van der Waals surface area contributed by atoms with Gasteiger partial charge in [0.15, 0.2) is 0 Å². The molecule has 1 N–H and O–H groups in total. The van der Waals surface area contributed by atoms with Gasteiger partial charge in [-0.05, 0) is 38.9 Å². The predicted molar refractivity (Wildman–Crippen MR) is 77.0 cm³/mol. The largest absolute Gasteiger partial charge is 0.376 e. The molecule has 1 aromatic heterocycles. The molecular formula is C15H26N2O2. The highest BCUT2D eigenvalue weighted by atomic mass is 16.5. The standard InChI is InChI=1S/C15H26N2O2/c1-4-8-16-11-14-6-5-7-15(17-14)12-18-9-10-19-13(2)3/h5-7,13,16H,4,8-12H2,1-3H3. The maximum atomic E-state index is 5.54. The van der Waals surface area contributed by atoms with Gasteiger partial charge in [-0.2, -0.15) is 0 Å². The Morgan fingerprint density at radius 3 is 2.74 bits per heavy atom. The number of rotatable bonds is 10. The molecule has 0 radical (unpaired) electrons. The molecule has 0 fully saturated rings. The Labute approximate surface area is 116 Å². The molecule has 0 atom stereocenters. The lowest BCUT2D eigenvalue weighted by molar-refractivity contribution is 0.0135. The van der Waals surface area contributed by atoms with Gasteiger partial charge in [-0.15, -0.1) is 0 Å². The number of aromatic nitrogens is 1. The molecule has 0 saturated heterocycles. The van der Waals surface area contributed by atoms with Crippen molar-refractivity contribution in [2.45, 2.75) is 46.4 Å². The summed E-state index contributed by atoms with van der Waals surface area (Å²) in [6, 6.07) is 6.06. The molecular weight excluding hydrogens is 240 g/mol. The minimum absolute atomic E-state index is 0.259. The third kappa shape index (κ3) is 7.93. The average Bonchev–Trinajstić information content (AvgIpc) is 2.39. The summed E-state index contributed by atoms with van der Waals surface area (Å²) in [7, 11) is 0. The van der Waals surface area contributed by atoms with Gasteiger partial charge in [0.1, 0.15) is 0 Å². The topological polar surface area (TPSA) is 43.4 Å². The van der Waals surface area contributed by atoms with Gasteiger partial charge < -0.3 is 14.8 Å². The molecule has 19 heavy (non-hydrogen) atoms. The highest BCUT2D eigenvalue weighted by Crippen LogP contribution is 2.01. The Morgan fingerprint density at radius 1 is 1.21 bits per heavy atom. The van der Waals surface area contributed by atoms with E-state index in [1.165, 1.54) is 0 Å². The van der Waals surface area contributed by atoms with Crippen LogP contribution in [0, 0.1) is 0 Å². The second-order valence-corrected chi connectivity index (χ2v) is 4.77. The van der Waals surface area contributed by atoms with Crippen LogP contribution in [0.1, 0.15) is 38.6 Å². The first-order chi connectivity index (χ1) is 9.22. The monoisotopic (exact) mass is 266 g/mol. The van der Waals surface area contributed by atoms with Gasteiger partial charge >= 0.3 is 0 Å². The van der Waals surface area contributed by atoms with Crippen molar-refractivity contribution in [2.24, 2.45) is 0 Å². The molecule has 0 amide bonds. The van der Waals surface area contributed by atoms with E-state index in [9.17, 15) is 0 Å². The van der Waals surface area contributed by atoms with Gasteiger partial charge in [0, 0.05) is 6.54 Å².